The minimum absolute atomic E-state index is 0.0632. The second-order valence-electron chi connectivity index (χ2n) is 5.11. The number of hydrogen-bond donors (Lipinski definition) is 1. The number of hydrogen-bond acceptors (Lipinski definition) is 1. The van der Waals surface area contributed by atoms with Crippen molar-refractivity contribution >= 4 is 10.8 Å². The molecular weight excluding hydrogens is 208 g/mol. The van der Waals surface area contributed by atoms with Gasteiger partial charge in [-0.2, -0.15) is 0 Å². The standard InChI is InChI=1S/C16H18O/c17-16-9-7-13(8-10-16)15-6-5-12-3-1-2-4-14(12)11-15/h1-6,11,13,16-17H,7-10H2. The van der Waals surface area contributed by atoms with Crippen molar-refractivity contribution in [3.63, 3.8) is 0 Å². The van der Waals surface area contributed by atoms with E-state index in [0.29, 0.717) is 5.92 Å². The Labute approximate surface area is 102 Å². The highest BCUT2D eigenvalue weighted by atomic mass is 16.3. The minimum atomic E-state index is -0.0632. The predicted octanol–water partition coefficient (Wildman–Crippen LogP) is 3.86. The van der Waals surface area contributed by atoms with Crippen LogP contribution < -0.4 is 0 Å². The molecule has 1 heteroatoms. The highest BCUT2D eigenvalue weighted by Crippen LogP contribution is 2.34. The molecule has 2 aromatic carbocycles. The molecule has 0 aromatic heterocycles. The van der Waals surface area contributed by atoms with Gasteiger partial charge in [-0.15, -0.1) is 0 Å². The molecule has 88 valence electrons. The van der Waals surface area contributed by atoms with Crippen molar-refractivity contribution in [1.82, 2.24) is 0 Å². The molecule has 3 rings (SSSR count). The van der Waals surface area contributed by atoms with Crippen LogP contribution in [0.3, 0.4) is 0 Å². The monoisotopic (exact) mass is 226 g/mol. The van der Waals surface area contributed by atoms with Crippen LogP contribution in [0.15, 0.2) is 42.5 Å². The Bertz CT molecular complexity index is 510. The van der Waals surface area contributed by atoms with E-state index in [0.717, 1.165) is 25.7 Å². The summed E-state index contributed by atoms with van der Waals surface area (Å²) >= 11 is 0. The van der Waals surface area contributed by atoms with Gasteiger partial charge in [0, 0.05) is 0 Å². The highest BCUT2D eigenvalue weighted by Gasteiger charge is 2.20. The molecule has 0 radical (unpaired) electrons. The number of aliphatic hydroxyl groups excluding tert-OH is 1. The van der Waals surface area contributed by atoms with Crippen molar-refractivity contribution in [2.75, 3.05) is 0 Å². The summed E-state index contributed by atoms with van der Waals surface area (Å²) < 4.78 is 0. The fourth-order valence-electron chi connectivity index (χ4n) is 2.87. The van der Waals surface area contributed by atoms with Crippen LogP contribution in [0.1, 0.15) is 37.2 Å². The van der Waals surface area contributed by atoms with Crippen LogP contribution in [0.2, 0.25) is 0 Å². The van der Waals surface area contributed by atoms with Gasteiger partial charge < -0.3 is 5.11 Å². The van der Waals surface area contributed by atoms with E-state index in [1.54, 1.807) is 0 Å². The number of aliphatic hydroxyl groups is 1. The molecule has 1 fully saturated rings. The maximum Gasteiger partial charge on any atom is 0.0540 e. The first-order valence-corrected chi connectivity index (χ1v) is 6.50. The van der Waals surface area contributed by atoms with Gasteiger partial charge in [-0.25, -0.2) is 0 Å². The Morgan fingerprint density at radius 3 is 2.29 bits per heavy atom. The molecule has 0 aliphatic heterocycles. The van der Waals surface area contributed by atoms with E-state index in [1.165, 1.54) is 16.3 Å². The van der Waals surface area contributed by atoms with E-state index in [2.05, 4.69) is 42.5 Å². The second kappa shape index (κ2) is 4.50. The summed E-state index contributed by atoms with van der Waals surface area (Å²) in [6.07, 6.45) is 4.10. The van der Waals surface area contributed by atoms with Gasteiger partial charge in [0.25, 0.3) is 0 Å². The molecule has 0 spiro atoms. The molecule has 0 atom stereocenters. The first-order chi connectivity index (χ1) is 8.33. The van der Waals surface area contributed by atoms with Crippen LogP contribution in [0, 0.1) is 0 Å². The van der Waals surface area contributed by atoms with E-state index in [9.17, 15) is 5.11 Å². The van der Waals surface area contributed by atoms with Gasteiger partial charge in [0.2, 0.25) is 0 Å². The van der Waals surface area contributed by atoms with Crippen molar-refractivity contribution < 1.29 is 5.11 Å². The molecule has 1 saturated carbocycles. The van der Waals surface area contributed by atoms with Gasteiger partial charge in [-0.05, 0) is 47.9 Å². The van der Waals surface area contributed by atoms with Crippen LogP contribution in [0.25, 0.3) is 10.8 Å². The second-order valence-corrected chi connectivity index (χ2v) is 5.11. The van der Waals surface area contributed by atoms with Gasteiger partial charge in [0.1, 0.15) is 0 Å². The Kier molecular flexibility index (Phi) is 2.86. The molecule has 1 aliphatic rings. The molecule has 1 aliphatic carbocycles. The largest absolute Gasteiger partial charge is 0.393 e. The molecule has 1 nitrogen and oxygen atoms in total. The van der Waals surface area contributed by atoms with Gasteiger partial charge >= 0.3 is 0 Å². The minimum Gasteiger partial charge on any atom is -0.393 e. The maximum absolute atomic E-state index is 9.55. The molecule has 0 saturated heterocycles. The average Bonchev–Trinajstić information content (AvgIpc) is 2.39. The van der Waals surface area contributed by atoms with Gasteiger partial charge in [-0.1, -0.05) is 42.5 Å². The van der Waals surface area contributed by atoms with Gasteiger partial charge in [0.05, 0.1) is 6.10 Å². The molecule has 0 unspecified atom stereocenters. The smallest absolute Gasteiger partial charge is 0.0540 e. The normalized spacial score (nSPS) is 25.0. The molecule has 1 N–H and O–H groups in total. The van der Waals surface area contributed by atoms with Crippen molar-refractivity contribution in [2.24, 2.45) is 0 Å². The zero-order valence-electron chi connectivity index (χ0n) is 9.97. The zero-order valence-corrected chi connectivity index (χ0v) is 9.97. The van der Waals surface area contributed by atoms with Gasteiger partial charge in [-0.3, -0.25) is 0 Å². The number of benzene rings is 2. The van der Waals surface area contributed by atoms with Crippen molar-refractivity contribution in [3.05, 3.63) is 48.0 Å². The van der Waals surface area contributed by atoms with E-state index in [4.69, 9.17) is 0 Å². The summed E-state index contributed by atoms with van der Waals surface area (Å²) in [4.78, 5) is 0. The fourth-order valence-corrected chi connectivity index (χ4v) is 2.87. The van der Waals surface area contributed by atoms with Crippen molar-refractivity contribution in [3.8, 4) is 0 Å². The Morgan fingerprint density at radius 2 is 1.53 bits per heavy atom. The van der Waals surface area contributed by atoms with E-state index >= 15 is 0 Å². The number of fused-ring (bicyclic) bond motifs is 1. The third-order valence-electron chi connectivity index (χ3n) is 3.94. The van der Waals surface area contributed by atoms with Crippen LogP contribution in [0.4, 0.5) is 0 Å². The Hall–Kier alpha value is -1.34. The molecule has 0 heterocycles. The summed E-state index contributed by atoms with van der Waals surface area (Å²) in [6.45, 7) is 0. The third-order valence-corrected chi connectivity index (χ3v) is 3.94. The lowest BCUT2D eigenvalue weighted by molar-refractivity contribution is 0.122. The van der Waals surface area contributed by atoms with Crippen LogP contribution in [0.5, 0.6) is 0 Å². The van der Waals surface area contributed by atoms with E-state index in [-0.39, 0.29) is 6.10 Å². The van der Waals surface area contributed by atoms with Crippen LogP contribution >= 0.6 is 0 Å². The lowest BCUT2D eigenvalue weighted by Gasteiger charge is -2.25. The van der Waals surface area contributed by atoms with Crippen molar-refractivity contribution in [1.29, 1.82) is 0 Å². The Balaban J connectivity index is 1.90. The average molecular weight is 226 g/mol. The summed E-state index contributed by atoms with van der Waals surface area (Å²) in [7, 11) is 0. The Morgan fingerprint density at radius 1 is 0.824 bits per heavy atom. The topological polar surface area (TPSA) is 20.2 Å². The van der Waals surface area contributed by atoms with Crippen molar-refractivity contribution in [2.45, 2.75) is 37.7 Å². The van der Waals surface area contributed by atoms with E-state index < -0.39 is 0 Å². The summed E-state index contributed by atoms with van der Waals surface area (Å²) in [5.74, 6) is 0.642. The highest BCUT2D eigenvalue weighted by molar-refractivity contribution is 5.83. The lowest BCUT2D eigenvalue weighted by atomic mass is 9.82. The molecule has 0 amide bonds. The van der Waals surface area contributed by atoms with Gasteiger partial charge in [0.15, 0.2) is 0 Å². The summed E-state index contributed by atoms with van der Waals surface area (Å²) in [6, 6.07) is 15.3. The predicted molar refractivity (Wildman–Crippen MR) is 71.2 cm³/mol. The van der Waals surface area contributed by atoms with Crippen LogP contribution in [-0.2, 0) is 0 Å². The lowest BCUT2D eigenvalue weighted by Crippen LogP contribution is -2.16. The van der Waals surface area contributed by atoms with E-state index in [1.807, 2.05) is 0 Å². The number of rotatable bonds is 1. The summed E-state index contributed by atoms with van der Waals surface area (Å²) in [5.41, 5.74) is 1.44. The third kappa shape index (κ3) is 2.20. The SMILES string of the molecule is OC1CCC(c2ccc3ccccc3c2)CC1. The quantitative estimate of drug-likeness (QED) is 0.783. The molecule has 2 aromatic rings. The maximum atomic E-state index is 9.55. The molecule has 0 bridgehead atoms. The molecule has 17 heavy (non-hydrogen) atoms. The summed E-state index contributed by atoms with van der Waals surface area (Å²) in [5, 5.41) is 12.2. The first kappa shape index (κ1) is 10.8. The first-order valence-electron chi connectivity index (χ1n) is 6.50. The van der Waals surface area contributed by atoms with Crippen LogP contribution in [-0.4, -0.2) is 11.2 Å². The molecular formula is C16H18O. The zero-order chi connectivity index (χ0) is 11.7. The fraction of sp³-hybridized carbons (Fsp3) is 0.375.